The number of tetrazole rings is 1. The highest BCUT2D eigenvalue weighted by molar-refractivity contribution is 6.30. The van der Waals surface area contributed by atoms with Gasteiger partial charge in [-0.3, -0.25) is 0 Å². The molecule has 0 saturated carbocycles. The Kier molecular flexibility index (Phi) is 3.72. The molecule has 1 fully saturated rings. The topological polar surface area (TPSA) is 82.2 Å². The van der Waals surface area contributed by atoms with Crippen LogP contribution in [0.2, 0.25) is 5.02 Å². The predicted octanol–water partition coefficient (Wildman–Crippen LogP) is 0.383. The molecule has 1 aliphatic heterocycles. The van der Waals surface area contributed by atoms with Crippen molar-refractivity contribution in [3.05, 3.63) is 39.8 Å². The number of benzene rings is 1. The van der Waals surface area contributed by atoms with Crippen molar-refractivity contribution in [2.75, 3.05) is 26.3 Å². The minimum absolute atomic E-state index is 0.423. The molecule has 2 heterocycles. The number of hydrogen-bond donors (Lipinski definition) is 0. The smallest absolute Gasteiger partial charge is 0.378 e. The number of halogens is 1. The highest BCUT2D eigenvalue weighted by Gasteiger charge is 2.24. The van der Waals surface area contributed by atoms with Crippen molar-refractivity contribution >= 4 is 17.6 Å². The van der Waals surface area contributed by atoms with Crippen LogP contribution in [0.5, 0.6) is 0 Å². The van der Waals surface area contributed by atoms with Crippen LogP contribution in [0, 0.1) is 0 Å². The Morgan fingerprint density at radius 3 is 2.76 bits per heavy atom. The molecular weight excluding hydrogens is 298 g/mol. The fourth-order valence-electron chi connectivity index (χ4n) is 2.06. The van der Waals surface area contributed by atoms with Crippen molar-refractivity contribution in [2.45, 2.75) is 0 Å². The second-order valence-corrected chi connectivity index (χ2v) is 4.87. The fourth-order valence-corrected chi connectivity index (χ4v) is 2.25. The third kappa shape index (κ3) is 2.67. The van der Waals surface area contributed by atoms with Gasteiger partial charge in [-0.1, -0.05) is 22.8 Å². The molecule has 1 amide bonds. The van der Waals surface area contributed by atoms with Crippen molar-refractivity contribution in [3.8, 4) is 5.69 Å². The standard InChI is InChI=1S/C12H12ClN5O3/c13-9-2-1-3-10(8-9)18-15-14-11(19)17(18)12(20)16-4-6-21-7-5-16/h1-3,8H,4-7H2. The number of carbonyl (C=O) groups excluding carboxylic acids is 1. The summed E-state index contributed by atoms with van der Waals surface area (Å²) in [5, 5.41) is 7.63. The Balaban J connectivity index is 2.01. The van der Waals surface area contributed by atoms with Crippen molar-refractivity contribution < 1.29 is 9.53 Å². The van der Waals surface area contributed by atoms with Gasteiger partial charge in [0, 0.05) is 18.1 Å². The number of aromatic nitrogens is 4. The molecule has 0 N–H and O–H groups in total. The molecule has 8 nitrogen and oxygen atoms in total. The minimum Gasteiger partial charge on any atom is -0.378 e. The van der Waals surface area contributed by atoms with E-state index in [2.05, 4.69) is 10.3 Å². The summed E-state index contributed by atoms with van der Waals surface area (Å²) in [6.45, 7) is 1.73. The number of ether oxygens (including phenoxy) is 1. The zero-order chi connectivity index (χ0) is 14.8. The first-order valence-corrected chi connectivity index (χ1v) is 6.72. The first-order chi connectivity index (χ1) is 10.2. The van der Waals surface area contributed by atoms with Crippen LogP contribution in [0.4, 0.5) is 4.79 Å². The third-order valence-electron chi connectivity index (χ3n) is 3.09. The van der Waals surface area contributed by atoms with Gasteiger partial charge < -0.3 is 9.64 Å². The Morgan fingerprint density at radius 2 is 2.05 bits per heavy atom. The number of amides is 1. The van der Waals surface area contributed by atoms with E-state index >= 15 is 0 Å². The van der Waals surface area contributed by atoms with E-state index in [1.165, 1.54) is 4.90 Å². The summed E-state index contributed by atoms with van der Waals surface area (Å²) < 4.78 is 6.08. The molecule has 0 unspecified atom stereocenters. The van der Waals surface area contributed by atoms with Gasteiger partial charge in [0.15, 0.2) is 0 Å². The minimum atomic E-state index is -0.730. The van der Waals surface area contributed by atoms with Gasteiger partial charge in [0.25, 0.3) is 0 Å². The molecule has 0 bridgehead atoms. The first kappa shape index (κ1) is 13.8. The van der Waals surface area contributed by atoms with Gasteiger partial charge in [0.05, 0.1) is 18.9 Å². The quantitative estimate of drug-likeness (QED) is 0.711. The molecular formula is C12H12ClN5O3. The summed E-state index contributed by atoms with van der Waals surface area (Å²) in [6.07, 6.45) is 0. The molecule has 0 atom stereocenters. The zero-order valence-electron chi connectivity index (χ0n) is 11.0. The average molecular weight is 310 g/mol. The number of carbonyl (C=O) groups is 1. The van der Waals surface area contributed by atoms with E-state index < -0.39 is 11.7 Å². The Labute approximate surface area is 124 Å². The molecule has 1 aliphatic rings. The van der Waals surface area contributed by atoms with Crippen LogP contribution < -0.4 is 5.69 Å². The maximum atomic E-state index is 12.5. The van der Waals surface area contributed by atoms with E-state index in [1.54, 1.807) is 24.3 Å². The molecule has 9 heteroatoms. The number of hydrogen-bond acceptors (Lipinski definition) is 5. The van der Waals surface area contributed by atoms with Gasteiger partial charge in [-0.2, -0.15) is 0 Å². The van der Waals surface area contributed by atoms with E-state index in [-0.39, 0.29) is 0 Å². The molecule has 1 aromatic carbocycles. The van der Waals surface area contributed by atoms with E-state index in [0.717, 1.165) is 9.48 Å². The maximum absolute atomic E-state index is 12.5. The Hall–Kier alpha value is -2.19. The van der Waals surface area contributed by atoms with Crippen molar-refractivity contribution in [1.82, 2.24) is 24.7 Å². The first-order valence-electron chi connectivity index (χ1n) is 6.35. The monoisotopic (exact) mass is 309 g/mol. The van der Waals surface area contributed by atoms with Gasteiger partial charge >= 0.3 is 11.7 Å². The van der Waals surface area contributed by atoms with Crippen LogP contribution in [0.1, 0.15) is 0 Å². The zero-order valence-corrected chi connectivity index (χ0v) is 11.7. The van der Waals surface area contributed by atoms with E-state index in [9.17, 15) is 9.59 Å². The number of morpholine rings is 1. The molecule has 110 valence electrons. The molecule has 1 aromatic heterocycles. The highest BCUT2D eigenvalue weighted by Crippen LogP contribution is 2.13. The van der Waals surface area contributed by atoms with Crippen molar-refractivity contribution in [3.63, 3.8) is 0 Å². The normalized spacial score (nSPS) is 15.2. The van der Waals surface area contributed by atoms with Crippen LogP contribution in [-0.2, 0) is 4.74 Å². The molecule has 2 aromatic rings. The van der Waals surface area contributed by atoms with Crippen LogP contribution in [0.3, 0.4) is 0 Å². The molecule has 0 radical (unpaired) electrons. The van der Waals surface area contributed by atoms with Crippen LogP contribution in [0.15, 0.2) is 29.1 Å². The van der Waals surface area contributed by atoms with Gasteiger partial charge in [-0.15, -0.1) is 9.48 Å². The lowest BCUT2D eigenvalue weighted by Gasteiger charge is -2.26. The van der Waals surface area contributed by atoms with E-state index in [4.69, 9.17) is 16.3 Å². The van der Waals surface area contributed by atoms with E-state index in [0.29, 0.717) is 37.0 Å². The van der Waals surface area contributed by atoms with Gasteiger partial charge in [0.1, 0.15) is 0 Å². The molecule has 3 rings (SSSR count). The SMILES string of the molecule is O=C(N1CCOCC1)n1c(=O)nnn1-c1cccc(Cl)c1. The van der Waals surface area contributed by atoms with Gasteiger partial charge in [0.2, 0.25) is 0 Å². The summed E-state index contributed by atoms with van der Waals surface area (Å²) in [6, 6.07) is 6.19. The lowest BCUT2D eigenvalue weighted by atomic mass is 10.3. The fraction of sp³-hybridized carbons (Fsp3) is 0.333. The van der Waals surface area contributed by atoms with Crippen molar-refractivity contribution in [2.24, 2.45) is 0 Å². The second-order valence-electron chi connectivity index (χ2n) is 4.44. The summed E-state index contributed by atoms with van der Waals surface area (Å²) in [4.78, 5) is 27.0. The molecule has 0 spiro atoms. The predicted molar refractivity (Wildman–Crippen MR) is 73.8 cm³/mol. The van der Waals surface area contributed by atoms with Gasteiger partial charge in [-0.25, -0.2) is 9.59 Å². The summed E-state index contributed by atoms with van der Waals surface area (Å²) in [7, 11) is 0. The Bertz CT molecular complexity index is 720. The van der Waals surface area contributed by atoms with Crippen LogP contribution in [0.25, 0.3) is 5.69 Å². The van der Waals surface area contributed by atoms with Crippen LogP contribution in [-0.4, -0.2) is 57.0 Å². The lowest BCUT2D eigenvalue weighted by Crippen LogP contribution is -2.47. The summed E-state index contributed by atoms with van der Waals surface area (Å²) in [5.41, 5.74) is -0.245. The number of nitrogens with zero attached hydrogens (tertiary/aromatic N) is 5. The maximum Gasteiger partial charge on any atom is 0.392 e. The van der Waals surface area contributed by atoms with Gasteiger partial charge in [-0.05, 0) is 23.4 Å². The molecule has 1 saturated heterocycles. The highest BCUT2D eigenvalue weighted by atomic mass is 35.5. The molecule has 21 heavy (non-hydrogen) atoms. The lowest BCUT2D eigenvalue weighted by molar-refractivity contribution is 0.0521. The summed E-state index contributed by atoms with van der Waals surface area (Å²) >= 11 is 5.92. The number of rotatable bonds is 1. The van der Waals surface area contributed by atoms with Crippen molar-refractivity contribution in [1.29, 1.82) is 0 Å². The third-order valence-corrected chi connectivity index (χ3v) is 3.32. The van der Waals surface area contributed by atoms with E-state index in [1.807, 2.05) is 0 Å². The molecule has 0 aliphatic carbocycles. The second kappa shape index (κ2) is 5.66. The van der Waals surface area contributed by atoms with Crippen LogP contribution >= 0.6 is 11.6 Å². The Morgan fingerprint density at radius 1 is 1.29 bits per heavy atom. The summed E-state index contributed by atoms with van der Waals surface area (Å²) in [5.74, 6) is 0. The average Bonchev–Trinajstić information content (AvgIpc) is 2.89. The largest absolute Gasteiger partial charge is 0.392 e.